The summed E-state index contributed by atoms with van der Waals surface area (Å²) >= 11 is 1.53. The lowest BCUT2D eigenvalue weighted by Gasteiger charge is -2.46. The van der Waals surface area contributed by atoms with E-state index in [2.05, 4.69) is 10.6 Å². The lowest BCUT2D eigenvalue weighted by Crippen LogP contribution is -2.63. The number of carbonyl (C=O) groups excluding carboxylic acids is 1. The van der Waals surface area contributed by atoms with E-state index in [-0.39, 0.29) is 34.9 Å². The van der Waals surface area contributed by atoms with Gasteiger partial charge in [0.15, 0.2) is 0 Å². The van der Waals surface area contributed by atoms with E-state index < -0.39 is 24.1 Å². The highest BCUT2D eigenvalue weighted by Gasteiger charge is 2.60. The number of nitrogens with one attached hydrogen (secondary N) is 2. The number of amides is 1. The van der Waals surface area contributed by atoms with Crippen molar-refractivity contribution in [2.75, 3.05) is 19.6 Å². The summed E-state index contributed by atoms with van der Waals surface area (Å²) in [6.45, 7) is 6.12. The van der Waals surface area contributed by atoms with Crippen LogP contribution in [0.25, 0.3) is 0 Å². The molecule has 0 saturated carbocycles. The van der Waals surface area contributed by atoms with Gasteiger partial charge in [-0.2, -0.15) is 0 Å². The van der Waals surface area contributed by atoms with Gasteiger partial charge in [0.1, 0.15) is 5.70 Å². The second-order valence-electron chi connectivity index (χ2n) is 8.84. The van der Waals surface area contributed by atoms with Crippen molar-refractivity contribution in [3.8, 4) is 0 Å². The lowest BCUT2D eigenvalue weighted by molar-refractivity contribution is -0.163. The Hall–Kier alpha value is -1.13. The number of fused-ring (bicyclic) bond motifs is 1. The van der Waals surface area contributed by atoms with Crippen LogP contribution in [0, 0.1) is 17.8 Å². The van der Waals surface area contributed by atoms with Crippen LogP contribution in [0.3, 0.4) is 0 Å². The Bertz CT molecular complexity index is 708. The Kier molecular flexibility index (Phi) is 5.96. The molecule has 0 aromatic heterocycles. The Morgan fingerprint density at radius 2 is 1.97 bits per heavy atom. The number of aliphatic carboxylic acids is 1. The van der Waals surface area contributed by atoms with Crippen LogP contribution in [0.5, 0.6) is 0 Å². The van der Waals surface area contributed by atoms with Crippen molar-refractivity contribution in [2.24, 2.45) is 17.8 Å². The van der Waals surface area contributed by atoms with Crippen LogP contribution in [0.15, 0.2) is 10.6 Å². The van der Waals surface area contributed by atoms with Gasteiger partial charge in [0.2, 0.25) is 5.91 Å². The number of aliphatic hydroxyl groups excluding tert-OH is 2. The molecule has 9 heteroatoms. The summed E-state index contributed by atoms with van der Waals surface area (Å²) in [4.78, 5) is 26.5. The third-order valence-corrected chi connectivity index (χ3v) is 8.52. The fourth-order valence-corrected chi connectivity index (χ4v) is 6.95. The van der Waals surface area contributed by atoms with Crippen molar-refractivity contribution in [3.05, 3.63) is 10.6 Å². The number of piperidine rings is 1. The maximum Gasteiger partial charge on any atom is 0.353 e. The first-order chi connectivity index (χ1) is 13.8. The van der Waals surface area contributed by atoms with E-state index in [1.54, 1.807) is 6.92 Å². The van der Waals surface area contributed by atoms with E-state index in [4.69, 9.17) is 0 Å². The van der Waals surface area contributed by atoms with Gasteiger partial charge in [-0.25, -0.2) is 4.79 Å². The van der Waals surface area contributed by atoms with Crippen LogP contribution >= 0.6 is 11.8 Å². The van der Waals surface area contributed by atoms with Crippen LogP contribution in [-0.2, 0) is 9.59 Å². The molecule has 29 heavy (non-hydrogen) atoms. The average Bonchev–Trinajstić information content (AvgIpc) is 3.24. The molecule has 3 saturated heterocycles. The number of carboxylic acids is 1. The monoisotopic (exact) mass is 425 g/mol. The molecule has 4 aliphatic rings. The number of aliphatic hydroxyl groups is 2. The first-order valence-corrected chi connectivity index (χ1v) is 11.5. The lowest BCUT2D eigenvalue weighted by atomic mass is 9.79. The van der Waals surface area contributed by atoms with Crippen LogP contribution in [-0.4, -0.2) is 81.3 Å². The highest BCUT2D eigenvalue weighted by atomic mass is 32.2. The van der Waals surface area contributed by atoms with Gasteiger partial charge >= 0.3 is 5.97 Å². The van der Waals surface area contributed by atoms with Gasteiger partial charge in [0, 0.05) is 28.7 Å². The van der Waals surface area contributed by atoms with E-state index in [1.165, 1.54) is 16.7 Å². The zero-order valence-corrected chi connectivity index (χ0v) is 17.7. The average molecular weight is 426 g/mol. The van der Waals surface area contributed by atoms with Crippen molar-refractivity contribution < 1.29 is 24.9 Å². The number of hydrogen-bond acceptors (Lipinski definition) is 7. The third kappa shape index (κ3) is 3.61. The molecule has 8 nitrogen and oxygen atoms in total. The molecule has 4 heterocycles. The largest absolute Gasteiger partial charge is 0.477 e. The topological polar surface area (TPSA) is 122 Å². The van der Waals surface area contributed by atoms with Crippen LogP contribution in [0.2, 0.25) is 0 Å². The molecule has 162 valence electrons. The molecule has 0 aromatic carbocycles. The predicted molar refractivity (Wildman–Crippen MR) is 109 cm³/mol. The number of thioether (sulfide) groups is 1. The molecule has 5 N–H and O–H groups in total. The Morgan fingerprint density at radius 1 is 1.28 bits per heavy atom. The van der Waals surface area contributed by atoms with Crippen LogP contribution in [0.4, 0.5) is 0 Å². The molecule has 0 aliphatic carbocycles. The Balaban J connectivity index is 1.45. The summed E-state index contributed by atoms with van der Waals surface area (Å²) < 4.78 is 0. The van der Waals surface area contributed by atoms with Crippen molar-refractivity contribution in [1.29, 1.82) is 0 Å². The predicted octanol–water partition coefficient (Wildman–Crippen LogP) is -0.0357. The third-order valence-electron chi connectivity index (χ3n) is 7.01. The molecule has 3 fully saturated rings. The first kappa shape index (κ1) is 21.1. The maximum atomic E-state index is 12.5. The van der Waals surface area contributed by atoms with Crippen molar-refractivity contribution in [2.45, 2.75) is 62.7 Å². The fourth-order valence-electron chi connectivity index (χ4n) is 5.46. The number of rotatable bonds is 6. The van der Waals surface area contributed by atoms with Gasteiger partial charge in [0.25, 0.3) is 0 Å². The summed E-state index contributed by atoms with van der Waals surface area (Å²) in [5.41, 5.74) is 0.0803. The smallest absolute Gasteiger partial charge is 0.353 e. The van der Waals surface area contributed by atoms with Gasteiger partial charge in [-0.15, -0.1) is 11.8 Å². The molecule has 4 aliphatic heterocycles. The van der Waals surface area contributed by atoms with Gasteiger partial charge in [0.05, 0.1) is 24.2 Å². The number of carboxylic acid groups (broad SMARTS) is 1. The minimum Gasteiger partial charge on any atom is -0.477 e. The number of carbonyl (C=O) groups is 2. The first-order valence-electron chi connectivity index (χ1n) is 10.6. The van der Waals surface area contributed by atoms with Crippen molar-refractivity contribution in [3.63, 3.8) is 0 Å². The molecule has 0 radical (unpaired) electrons. The maximum absolute atomic E-state index is 12.5. The number of β-lactam (4-membered cyclic amide) rings is 1. The molecule has 7 atom stereocenters. The normalized spacial score (nSPS) is 37.4. The number of hydrogen-bond donors (Lipinski definition) is 5. The molecule has 0 aromatic rings. The Labute approximate surface area is 175 Å². The van der Waals surface area contributed by atoms with E-state index >= 15 is 0 Å². The zero-order valence-electron chi connectivity index (χ0n) is 16.9. The highest BCUT2D eigenvalue weighted by molar-refractivity contribution is 8.03. The number of nitrogens with zero attached hydrogens (tertiary/aromatic N) is 1. The van der Waals surface area contributed by atoms with E-state index in [0.717, 1.165) is 37.3 Å². The van der Waals surface area contributed by atoms with E-state index in [0.29, 0.717) is 12.5 Å². The molecular formula is C20H31N3O5S. The molecule has 0 unspecified atom stereocenters. The summed E-state index contributed by atoms with van der Waals surface area (Å²) in [6.07, 6.45) is 1.54. The molecule has 1 amide bonds. The molecule has 0 bridgehead atoms. The van der Waals surface area contributed by atoms with Gasteiger partial charge in [-0.3, -0.25) is 4.79 Å². The van der Waals surface area contributed by atoms with Gasteiger partial charge in [-0.05, 0) is 45.2 Å². The summed E-state index contributed by atoms with van der Waals surface area (Å²) in [7, 11) is 0. The minimum absolute atomic E-state index is 0.0186. The fraction of sp³-hybridized carbons (Fsp3) is 0.800. The summed E-state index contributed by atoms with van der Waals surface area (Å²) in [5.74, 6) is -1.74. The van der Waals surface area contributed by atoms with Crippen LogP contribution in [0.1, 0.15) is 33.1 Å². The molecule has 4 rings (SSSR count). The molecule has 0 spiro atoms. The zero-order chi connectivity index (χ0) is 20.9. The van der Waals surface area contributed by atoms with Crippen molar-refractivity contribution in [1.82, 2.24) is 15.5 Å². The quantitative estimate of drug-likeness (QED) is 0.376. The standard InChI is InChI=1S/C20H31N3O5S/c1-9-15-14(10(2)24)19(26)23(15)16(20(27)28)18(9)29-12-7-13(22-8-12)17(25)11-3-5-21-6-4-11/h9-15,17,21-22,24-25H,3-8H2,1-2H3,(H,27,28)/t9-,10-,12+,13+,14-,15-,17-/m1/s1. The second kappa shape index (κ2) is 8.19. The van der Waals surface area contributed by atoms with E-state index in [1.807, 2.05) is 6.92 Å². The van der Waals surface area contributed by atoms with Gasteiger partial charge in [-0.1, -0.05) is 6.92 Å². The molecular weight excluding hydrogens is 394 g/mol. The van der Waals surface area contributed by atoms with Gasteiger partial charge < -0.3 is 30.9 Å². The van der Waals surface area contributed by atoms with Crippen LogP contribution < -0.4 is 10.6 Å². The summed E-state index contributed by atoms with van der Waals surface area (Å²) in [5, 5.41) is 37.4. The second-order valence-corrected chi connectivity index (χ2v) is 10.2. The SMILES string of the molecule is C[C@@H](O)[C@H]1C(=O)N2C(C(=O)O)=C(S[C@@H]3CN[C@H]([C@H](O)C4CCNCC4)C3)[C@H](C)[C@H]12. The Morgan fingerprint density at radius 3 is 2.59 bits per heavy atom. The van der Waals surface area contributed by atoms with Crippen molar-refractivity contribution >= 4 is 23.6 Å². The van der Waals surface area contributed by atoms with E-state index in [9.17, 15) is 24.9 Å². The highest BCUT2D eigenvalue weighted by Crippen LogP contribution is 2.51. The minimum atomic E-state index is -1.09. The summed E-state index contributed by atoms with van der Waals surface area (Å²) in [6, 6.07) is -0.258.